The van der Waals surface area contributed by atoms with Crippen LogP contribution in [0.1, 0.15) is 18.9 Å². The lowest BCUT2D eigenvalue weighted by Gasteiger charge is -2.06. The first-order valence-electron chi connectivity index (χ1n) is 5.02. The number of hydroxylamine groups is 1. The molecule has 0 saturated carbocycles. The summed E-state index contributed by atoms with van der Waals surface area (Å²) >= 11 is 0. The van der Waals surface area contributed by atoms with E-state index in [0.29, 0.717) is 13.2 Å². The minimum atomic E-state index is -0.298. The van der Waals surface area contributed by atoms with Crippen molar-refractivity contribution in [3.8, 4) is 0 Å². The third-order valence-corrected chi connectivity index (χ3v) is 1.78. The Bertz CT molecular complexity index is 288. The van der Waals surface area contributed by atoms with Crippen LogP contribution < -0.4 is 10.8 Å². The maximum atomic E-state index is 11.0. The highest BCUT2D eigenvalue weighted by molar-refractivity contribution is 5.72. The van der Waals surface area contributed by atoms with Crippen LogP contribution in [0, 0.1) is 0 Å². The first-order chi connectivity index (χ1) is 7.33. The highest BCUT2D eigenvalue weighted by Gasteiger charge is 1.97. The highest BCUT2D eigenvalue weighted by Crippen LogP contribution is 1.98. The van der Waals surface area contributed by atoms with Crippen molar-refractivity contribution in [3.63, 3.8) is 0 Å². The van der Waals surface area contributed by atoms with E-state index in [1.54, 1.807) is 0 Å². The summed E-state index contributed by atoms with van der Waals surface area (Å²) in [5.41, 5.74) is 3.34. The Hall–Kier alpha value is -1.55. The lowest BCUT2D eigenvalue weighted by atomic mass is 10.2. The van der Waals surface area contributed by atoms with E-state index in [1.165, 1.54) is 0 Å². The molecule has 0 atom stereocenters. The second-order valence-corrected chi connectivity index (χ2v) is 3.13. The molecule has 0 radical (unpaired) electrons. The highest BCUT2D eigenvalue weighted by atomic mass is 16.7. The molecule has 0 spiro atoms. The largest absolute Gasteiger partial charge is 0.338 e. The Labute approximate surface area is 89.6 Å². The van der Waals surface area contributed by atoms with Gasteiger partial charge in [-0.2, -0.15) is 0 Å². The van der Waals surface area contributed by atoms with Crippen molar-refractivity contribution in [2.24, 2.45) is 0 Å². The number of nitrogens with one attached hydrogen (secondary N) is 2. The van der Waals surface area contributed by atoms with Crippen molar-refractivity contribution < 1.29 is 9.63 Å². The van der Waals surface area contributed by atoms with Crippen molar-refractivity contribution in [2.75, 3.05) is 6.54 Å². The normalized spacial score (nSPS) is 9.67. The van der Waals surface area contributed by atoms with Gasteiger partial charge in [0.25, 0.3) is 0 Å². The number of carbonyl (C=O) groups is 1. The fraction of sp³-hybridized carbons (Fsp3) is 0.364. The van der Waals surface area contributed by atoms with Gasteiger partial charge in [0, 0.05) is 6.54 Å². The zero-order chi connectivity index (χ0) is 10.9. The Kier molecular flexibility index (Phi) is 5.25. The lowest BCUT2D eigenvalue weighted by molar-refractivity contribution is 0.0491. The molecule has 0 unspecified atom stereocenters. The Morgan fingerprint density at radius 3 is 2.73 bits per heavy atom. The molecule has 2 N–H and O–H groups in total. The first kappa shape index (κ1) is 11.5. The monoisotopic (exact) mass is 208 g/mol. The van der Waals surface area contributed by atoms with Gasteiger partial charge >= 0.3 is 6.03 Å². The van der Waals surface area contributed by atoms with Crippen molar-refractivity contribution in [2.45, 2.75) is 20.0 Å². The van der Waals surface area contributed by atoms with E-state index >= 15 is 0 Å². The topological polar surface area (TPSA) is 50.4 Å². The van der Waals surface area contributed by atoms with Gasteiger partial charge in [-0.15, -0.1) is 0 Å². The van der Waals surface area contributed by atoms with Gasteiger partial charge in [-0.05, 0) is 12.0 Å². The van der Waals surface area contributed by atoms with E-state index in [-0.39, 0.29) is 6.03 Å². The average molecular weight is 208 g/mol. The SMILES string of the molecule is CCCNC(=O)NOCc1ccccc1. The zero-order valence-electron chi connectivity index (χ0n) is 8.82. The number of carbonyl (C=O) groups excluding carboxylic acids is 1. The molecule has 82 valence electrons. The molecule has 0 saturated heterocycles. The second kappa shape index (κ2) is 6.84. The van der Waals surface area contributed by atoms with Crippen molar-refractivity contribution in [3.05, 3.63) is 35.9 Å². The first-order valence-corrected chi connectivity index (χ1v) is 5.02. The van der Waals surface area contributed by atoms with Crippen molar-refractivity contribution in [1.82, 2.24) is 10.8 Å². The summed E-state index contributed by atoms with van der Waals surface area (Å²) in [4.78, 5) is 16.1. The lowest BCUT2D eigenvalue weighted by Crippen LogP contribution is -2.35. The molecule has 4 nitrogen and oxygen atoms in total. The van der Waals surface area contributed by atoms with E-state index in [1.807, 2.05) is 37.3 Å². The molecule has 0 aromatic heterocycles. The second-order valence-electron chi connectivity index (χ2n) is 3.13. The number of urea groups is 1. The molecule has 1 aromatic carbocycles. The minimum absolute atomic E-state index is 0.298. The fourth-order valence-corrected chi connectivity index (χ4v) is 1.03. The van der Waals surface area contributed by atoms with E-state index in [0.717, 1.165) is 12.0 Å². The van der Waals surface area contributed by atoms with Gasteiger partial charge in [0.15, 0.2) is 0 Å². The molecule has 0 aliphatic rings. The van der Waals surface area contributed by atoms with Crippen LogP contribution in [-0.2, 0) is 11.4 Å². The molecular formula is C11H16N2O2. The van der Waals surface area contributed by atoms with E-state index < -0.39 is 0 Å². The van der Waals surface area contributed by atoms with Crippen LogP contribution in [0.2, 0.25) is 0 Å². The zero-order valence-corrected chi connectivity index (χ0v) is 8.82. The van der Waals surface area contributed by atoms with Gasteiger partial charge < -0.3 is 5.32 Å². The van der Waals surface area contributed by atoms with Crippen LogP contribution >= 0.6 is 0 Å². The smallest absolute Gasteiger partial charge is 0.336 e. The summed E-state index contributed by atoms with van der Waals surface area (Å²) in [6.45, 7) is 3.02. The molecule has 15 heavy (non-hydrogen) atoms. The Morgan fingerprint density at radius 2 is 2.07 bits per heavy atom. The number of benzene rings is 1. The molecule has 1 rings (SSSR count). The fourth-order valence-electron chi connectivity index (χ4n) is 1.03. The van der Waals surface area contributed by atoms with E-state index in [4.69, 9.17) is 4.84 Å². The average Bonchev–Trinajstić information content (AvgIpc) is 2.28. The molecule has 2 amide bonds. The van der Waals surface area contributed by atoms with Gasteiger partial charge in [0.1, 0.15) is 0 Å². The summed E-state index contributed by atoms with van der Waals surface area (Å²) in [5, 5.41) is 2.64. The van der Waals surface area contributed by atoms with Crippen LogP contribution in [0.3, 0.4) is 0 Å². The number of amides is 2. The van der Waals surface area contributed by atoms with Gasteiger partial charge in [-0.3, -0.25) is 4.84 Å². The molecular weight excluding hydrogens is 192 g/mol. The number of hydrogen-bond donors (Lipinski definition) is 2. The third kappa shape index (κ3) is 5.02. The molecule has 1 aromatic rings. The van der Waals surface area contributed by atoms with Crippen molar-refractivity contribution >= 4 is 6.03 Å². The molecule has 0 bridgehead atoms. The molecule has 4 heteroatoms. The van der Waals surface area contributed by atoms with Crippen LogP contribution in [0.4, 0.5) is 4.79 Å². The summed E-state index contributed by atoms with van der Waals surface area (Å²) < 4.78 is 0. The molecule has 0 heterocycles. The predicted molar refractivity (Wildman–Crippen MR) is 58.1 cm³/mol. The maximum Gasteiger partial charge on any atom is 0.338 e. The molecule has 0 aliphatic heterocycles. The minimum Gasteiger partial charge on any atom is -0.336 e. The summed E-state index contributed by atoms with van der Waals surface area (Å²) in [6, 6.07) is 9.36. The van der Waals surface area contributed by atoms with Crippen LogP contribution in [-0.4, -0.2) is 12.6 Å². The molecule has 0 aliphatic carbocycles. The van der Waals surface area contributed by atoms with E-state index in [2.05, 4.69) is 10.8 Å². The third-order valence-electron chi connectivity index (χ3n) is 1.78. The summed E-state index contributed by atoms with van der Waals surface area (Å²) in [5.74, 6) is 0. The number of hydrogen-bond acceptors (Lipinski definition) is 2. The summed E-state index contributed by atoms with van der Waals surface area (Å²) in [7, 11) is 0. The summed E-state index contributed by atoms with van der Waals surface area (Å²) in [6.07, 6.45) is 0.909. The standard InChI is InChI=1S/C11H16N2O2/c1-2-8-12-11(14)13-15-9-10-6-4-3-5-7-10/h3-7H,2,8-9H2,1H3,(H2,12,13,14). The van der Waals surface area contributed by atoms with Crippen LogP contribution in [0.5, 0.6) is 0 Å². The maximum absolute atomic E-state index is 11.0. The van der Waals surface area contributed by atoms with Gasteiger partial charge in [0.2, 0.25) is 0 Å². The van der Waals surface area contributed by atoms with Gasteiger partial charge in [0.05, 0.1) is 6.61 Å². The number of rotatable bonds is 5. The Morgan fingerprint density at radius 1 is 1.33 bits per heavy atom. The van der Waals surface area contributed by atoms with Gasteiger partial charge in [-0.25, -0.2) is 10.3 Å². The predicted octanol–water partition coefficient (Wildman–Crippen LogP) is 1.83. The van der Waals surface area contributed by atoms with Gasteiger partial charge in [-0.1, -0.05) is 37.3 Å². The Balaban J connectivity index is 2.14. The van der Waals surface area contributed by atoms with Crippen LogP contribution in [0.15, 0.2) is 30.3 Å². The van der Waals surface area contributed by atoms with Crippen molar-refractivity contribution in [1.29, 1.82) is 0 Å². The quantitative estimate of drug-likeness (QED) is 0.725. The molecule has 0 fully saturated rings. The van der Waals surface area contributed by atoms with E-state index in [9.17, 15) is 4.79 Å². The van der Waals surface area contributed by atoms with Crippen LogP contribution in [0.25, 0.3) is 0 Å².